The summed E-state index contributed by atoms with van der Waals surface area (Å²) in [6, 6.07) is 0. The monoisotopic (exact) mass is 282 g/mol. The number of halogens is 3. The van der Waals surface area contributed by atoms with E-state index in [1.165, 1.54) is 18.7 Å². The van der Waals surface area contributed by atoms with Crippen LogP contribution >= 0.6 is 0 Å². The Labute approximate surface area is 109 Å². The summed E-state index contributed by atoms with van der Waals surface area (Å²) in [5.74, 6) is -0.555. The third kappa shape index (κ3) is 5.06. The number of rotatable bonds is 3. The first kappa shape index (κ1) is 15.7. The van der Waals surface area contributed by atoms with Gasteiger partial charge in [0.15, 0.2) is 0 Å². The Kier molecular flexibility index (Phi) is 5.16. The Morgan fingerprint density at radius 3 is 2.05 bits per heavy atom. The van der Waals surface area contributed by atoms with E-state index in [0.29, 0.717) is 26.2 Å². The minimum absolute atomic E-state index is 0.0755. The van der Waals surface area contributed by atoms with Gasteiger partial charge in [0, 0.05) is 33.1 Å². The molecule has 1 aliphatic rings. The van der Waals surface area contributed by atoms with Crippen molar-refractivity contribution in [2.75, 3.05) is 32.8 Å². The van der Waals surface area contributed by atoms with Crippen molar-refractivity contribution in [3.05, 3.63) is 0 Å². The second-order valence-electron chi connectivity index (χ2n) is 4.40. The van der Waals surface area contributed by atoms with Gasteiger partial charge in [0.1, 0.15) is 12.7 Å². The molecule has 1 saturated heterocycles. The summed E-state index contributed by atoms with van der Waals surface area (Å²) in [5.41, 5.74) is 0. The van der Waals surface area contributed by atoms with Gasteiger partial charge in [0.2, 0.25) is 5.91 Å². The standard InChI is InChI=1S/C11H17F3N2O3/c1-8(19-7-11(12,13)14)10(18)16-5-3-15(4-6-16)9(2)17/h8H,3-7H2,1-2H3. The first-order valence-corrected chi connectivity index (χ1v) is 5.93. The second-order valence-corrected chi connectivity index (χ2v) is 4.40. The topological polar surface area (TPSA) is 49.9 Å². The van der Waals surface area contributed by atoms with Crippen LogP contribution in [0.2, 0.25) is 0 Å². The summed E-state index contributed by atoms with van der Waals surface area (Å²) in [6.45, 7) is 2.72. The molecule has 1 heterocycles. The number of hydrogen-bond donors (Lipinski definition) is 0. The van der Waals surface area contributed by atoms with Gasteiger partial charge in [-0.1, -0.05) is 0 Å². The van der Waals surface area contributed by atoms with Crippen molar-refractivity contribution in [1.29, 1.82) is 0 Å². The maximum Gasteiger partial charge on any atom is 0.411 e. The molecular formula is C11H17F3N2O3. The van der Waals surface area contributed by atoms with E-state index < -0.39 is 24.8 Å². The number of hydrogen-bond acceptors (Lipinski definition) is 3. The average Bonchev–Trinajstić information content (AvgIpc) is 2.34. The molecule has 1 atom stereocenters. The van der Waals surface area contributed by atoms with Crippen LogP contribution in [0.25, 0.3) is 0 Å². The SMILES string of the molecule is CC(=O)N1CCN(C(=O)C(C)OCC(F)(F)F)CC1. The fourth-order valence-corrected chi connectivity index (χ4v) is 1.79. The summed E-state index contributed by atoms with van der Waals surface area (Å²) < 4.78 is 40.4. The summed E-state index contributed by atoms with van der Waals surface area (Å²) in [4.78, 5) is 25.9. The number of nitrogens with zero attached hydrogens (tertiary/aromatic N) is 2. The molecule has 0 spiro atoms. The van der Waals surface area contributed by atoms with Crippen molar-refractivity contribution in [3.8, 4) is 0 Å². The summed E-state index contributed by atoms with van der Waals surface area (Å²) in [5, 5.41) is 0. The molecule has 1 rings (SSSR count). The molecule has 0 saturated carbocycles. The van der Waals surface area contributed by atoms with Gasteiger partial charge in [0.25, 0.3) is 5.91 Å². The molecule has 0 aliphatic carbocycles. The zero-order valence-electron chi connectivity index (χ0n) is 10.9. The lowest BCUT2D eigenvalue weighted by Crippen LogP contribution is -2.52. The predicted octanol–water partition coefficient (Wildman–Crippen LogP) is 0.644. The van der Waals surface area contributed by atoms with Crippen molar-refractivity contribution >= 4 is 11.8 Å². The first-order chi connectivity index (χ1) is 8.70. The molecular weight excluding hydrogens is 265 g/mol. The van der Waals surface area contributed by atoms with E-state index in [4.69, 9.17) is 0 Å². The maximum absolute atomic E-state index is 12.0. The lowest BCUT2D eigenvalue weighted by Gasteiger charge is -2.35. The molecule has 110 valence electrons. The lowest BCUT2D eigenvalue weighted by atomic mass is 10.2. The van der Waals surface area contributed by atoms with E-state index in [2.05, 4.69) is 4.74 Å². The van der Waals surface area contributed by atoms with Gasteiger partial charge in [-0.05, 0) is 6.92 Å². The first-order valence-electron chi connectivity index (χ1n) is 5.93. The number of carbonyl (C=O) groups is 2. The Balaban J connectivity index is 2.40. The summed E-state index contributed by atoms with van der Waals surface area (Å²) in [7, 11) is 0. The molecule has 2 amide bonds. The largest absolute Gasteiger partial charge is 0.411 e. The molecule has 1 fully saturated rings. The van der Waals surface area contributed by atoms with Crippen molar-refractivity contribution in [2.24, 2.45) is 0 Å². The molecule has 0 aromatic carbocycles. The quantitative estimate of drug-likeness (QED) is 0.763. The van der Waals surface area contributed by atoms with Gasteiger partial charge >= 0.3 is 6.18 Å². The van der Waals surface area contributed by atoms with Crippen molar-refractivity contribution in [1.82, 2.24) is 9.80 Å². The van der Waals surface area contributed by atoms with E-state index in [-0.39, 0.29) is 5.91 Å². The van der Waals surface area contributed by atoms with E-state index in [1.807, 2.05) is 0 Å². The van der Waals surface area contributed by atoms with Crippen LogP contribution in [0.1, 0.15) is 13.8 Å². The van der Waals surface area contributed by atoms with E-state index >= 15 is 0 Å². The molecule has 0 radical (unpaired) electrons. The van der Waals surface area contributed by atoms with Gasteiger partial charge in [0.05, 0.1) is 0 Å². The smallest absolute Gasteiger partial charge is 0.359 e. The summed E-state index contributed by atoms with van der Waals surface area (Å²) >= 11 is 0. The zero-order chi connectivity index (χ0) is 14.6. The molecule has 1 unspecified atom stereocenters. The van der Waals surface area contributed by atoms with E-state index in [1.54, 1.807) is 4.90 Å². The van der Waals surface area contributed by atoms with Crippen LogP contribution in [0.4, 0.5) is 13.2 Å². The van der Waals surface area contributed by atoms with Crippen LogP contribution in [0, 0.1) is 0 Å². The van der Waals surface area contributed by atoms with Crippen LogP contribution in [0.15, 0.2) is 0 Å². The van der Waals surface area contributed by atoms with Crippen molar-refractivity contribution in [2.45, 2.75) is 26.1 Å². The van der Waals surface area contributed by atoms with Crippen LogP contribution in [0.3, 0.4) is 0 Å². The molecule has 8 heteroatoms. The highest BCUT2D eigenvalue weighted by Gasteiger charge is 2.32. The number of piperazine rings is 1. The molecule has 0 aromatic heterocycles. The molecule has 19 heavy (non-hydrogen) atoms. The summed E-state index contributed by atoms with van der Waals surface area (Å²) in [6.07, 6.45) is -5.58. The molecule has 0 aromatic rings. The molecule has 0 bridgehead atoms. The van der Waals surface area contributed by atoms with E-state index in [9.17, 15) is 22.8 Å². The third-order valence-corrected chi connectivity index (χ3v) is 2.88. The van der Waals surface area contributed by atoms with Gasteiger partial charge < -0.3 is 14.5 Å². The normalized spacial score (nSPS) is 18.4. The lowest BCUT2D eigenvalue weighted by molar-refractivity contribution is -0.189. The van der Waals surface area contributed by atoms with Gasteiger partial charge in [-0.3, -0.25) is 9.59 Å². The Hall–Kier alpha value is -1.31. The number of carbonyl (C=O) groups excluding carboxylic acids is 2. The van der Waals surface area contributed by atoms with Crippen molar-refractivity contribution < 1.29 is 27.5 Å². The fourth-order valence-electron chi connectivity index (χ4n) is 1.79. The number of alkyl halides is 3. The van der Waals surface area contributed by atoms with Crippen LogP contribution < -0.4 is 0 Å². The van der Waals surface area contributed by atoms with Gasteiger partial charge in [-0.2, -0.15) is 13.2 Å². The number of ether oxygens (including phenoxy) is 1. The van der Waals surface area contributed by atoms with Crippen LogP contribution in [-0.2, 0) is 14.3 Å². The van der Waals surface area contributed by atoms with Crippen molar-refractivity contribution in [3.63, 3.8) is 0 Å². The average molecular weight is 282 g/mol. The molecule has 0 N–H and O–H groups in total. The zero-order valence-corrected chi connectivity index (χ0v) is 10.9. The van der Waals surface area contributed by atoms with Gasteiger partial charge in [-0.15, -0.1) is 0 Å². The van der Waals surface area contributed by atoms with E-state index in [0.717, 1.165) is 0 Å². The second kappa shape index (κ2) is 6.23. The predicted molar refractivity (Wildman–Crippen MR) is 60.3 cm³/mol. The highest BCUT2D eigenvalue weighted by molar-refractivity contribution is 5.81. The van der Waals surface area contributed by atoms with Crippen LogP contribution in [0.5, 0.6) is 0 Å². The minimum atomic E-state index is -4.44. The molecule has 1 aliphatic heterocycles. The minimum Gasteiger partial charge on any atom is -0.359 e. The Bertz CT molecular complexity index is 339. The highest BCUT2D eigenvalue weighted by atomic mass is 19.4. The molecule has 5 nitrogen and oxygen atoms in total. The Morgan fingerprint density at radius 2 is 1.63 bits per heavy atom. The van der Waals surface area contributed by atoms with Crippen LogP contribution in [-0.4, -0.2) is 66.7 Å². The third-order valence-electron chi connectivity index (χ3n) is 2.88. The fraction of sp³-hybridized carbons (Fsp3) is 0.818. The maximum atomic E-state index is 12.0. The van der Waals surface area contributed by atoms with Gasteiger partial charge in [-0.25, -0.2) is 0 Å². The Morgan fingerprint density at radius 1 is 1.16 bits per heavy atom. The number of amides is 2. The highest BCUT2D eigenvalue weighted by Crippen LogP contribution is 2.16.